The number of nitrogens with two attached hydrogens (primary N) is 1. The maximum Gasteiger partial charge on any atom is 0.451 e. The number of rotatable bonds is 5. The zero-order chi connectivity index (χ0) is 12.1. The molecule has 0 amide bonds. The van der Waals surface area contributed by atoms with E-state index in [-0.39, 0.29) is 17.8 Å². The van der Waals surface area contributed by atoms with Crippen molar-refractivity contribution >= 4 is 13.1 Å². The molecular formula is C10H20BNO4. The highest BCUT2D eigenvalue weighted by Crippen LogP contribution is 2.36. The number of aliphatic carboxylic acids is 1. The first-order valence-corrected chi connectivity index (χ1v) is 5.83. The summed E-state index contributed by atoms with van der Waals surface area (Å²) in [6.45, 7) is 0.423. The number of carboxylic acids is 1. The molecule has 0 heterocycles. The van der Waals surface area contributed by atoms with Gasteiger partial charge in [-0.15, -0.1) is 0 Å². The molecule has 6 heteroatoms. The summed E-state index contributed by atoms with van der Waals surface area (Å²) in [5, 5.41) is 26.6. The zero-order valence-electron chi connectivity index (χ0n) is 9.38. The van der Waals surface area contributed by atoms with Crippen LogP contribution in [0.15, 0.2) is 0 Å². The molecule has 0 radical (unpaired) electrons. The number of hydrogen-bond acceptors (Lipinski definition) is 4. The van der Waals surface area contributed by atoms with Gasteiger partial charge in [-0.25, -0.2) is 0 Å². The first-order chi connectivity index (χ1) is 7.54. The van der Waals surface area contributed by atoms with Crippen molar-refractivity contribution in [1.82, 2.24) is 0 Å². The molecular weight excluding hydrogens is 209 g/mol. The van der Waals surface area contributed by atoms with Gasteiger partial charge in [-0.1, -0.05) is 12.8 Å². The fourth-order valence-electron chi connectivity index (χ4n) is 2.55. The largest absolute Gasteiger partial charge is 0.481 e. The molecule has 0 aromatic heterocycles. The van der Waals surface area contributed by atoms with Gasteiger partial charge < -0.3 is 20.9 Å². The zero-order valence-corrected chi connectivity index (χ0v) is 9.38. The average molecular weight is 229 g/mol. The molecule has 92 valence electrons. The minimum Gasteiger partial charge on any atom is -0.481 e. The molecule has 0 saturated heterocycles. The average Bonchev–Trinajstić information content (AvgIpc) is 2.25. The second-order valence-corrected chi connectivity index (χ2v) is 4.68. The van der Waals surface area contributed by atoms with Gasteiger partial charge in [0, 0.05) is 0 Å². The van der Waals surface area contributed by atoms with Crippen molar-refractivity contribution in [1.29, 1.82) is 0 Å². The third-order valence-electron chi connectivity index (χ3n) is 3.56. The van der Waals surface area contributed by atoms with Crippen molar-refractivity contribution in [3.05, 3.63) is 0 Å². The molecule has 1 aliphatic rings. The van der Waals surface area contributed by atoms with E-state index in [0.29, 0.717) is 25.7 Å². The topological polar surface area (TPSA) is 104 Å². The normalized spacial score (nSPS) is 30.1. The van der Waals surface area contributed by atoms with Crippen LogP contribution in [0.4, 0.5) is 0 Å². The summed E-state index contributed by atoms with van der Waals surface area (Å²) < 4.78 is 0. The first kappa shape index (κ1) is 13.5. The summed E-state index contributed by atoms with van der Waals surface area (Å²) >= 11 is 0. The molecule has 3 atom stereocenters. The summed E-state index contributed by atoms with van der Waals surface area (Å²) in [4.78, 5) is 11.1. The van der Waals surface area contributed by atoms with E-state index < -0.39 is 13.1 Å². The Labute approximate surface area is 95.8 Å². The number of carboxylic acid groups (broad SMARTS) is 1. The smallest absolute Gasteiger partial charge is 0.451 e. The van der Waals surface area contributed by atoms with Crippen molar-refractivity contribution in [2.45, 2.75) is 32.0 Å². The predicted octanol–water partition coefficient (Wildman–Crippen LogP) is -0.0749. The third kappa shape index (κ3) is 3.77. The fraction of sp³-hybridized carbons (Fsp3) is 0.900. The Kier molecular flexibility index (Phi) is 5.24. The van der Waals surface area contributed by atoms with Gasteiger partial charge in [-0.05, 0) is 37.5 Å². The van der Waals surface area contributed by atoms with E-state index in [4.69, 9.17) is 20.9 Å². The predicted molar refractivity (Wildman–Crippen MR) is 60.6 cm³/mol. The molecule has 1 aliphatic carbocycles. The van der Waals surface area contributed by atoms with E-state index in [9.17, 15) is 4.79 Å². The molecule has 0 aliphatic heterocycles. The van der Waals surface area contributed by atoms with Crippen LogP contribution >= 0.6 is 0 Å². The van der Waals surface area contributed by atoms with Crippen molar-refractivity contribution in [2.75, 3.05) is 6.54 Å². The third-order valence-corrected chi connectivity index (χ3v) is 3.56. The summed E-state index contributed by atoms with van der Waals surface area (Å²) in [5.74, 6) is -0.775. The second kappa shape index (κ2) is 6.22. The Hall–Kier alpha value is -0.585. The van der Waals surface area contributed by atoms with Crippen molar-refractivity contribution in [3.8, 4) is 0 Å². The van der Waals surface area contributed by atoms with Crippen LogP contribution in [0.3, 0.4) is 0 Å². The van der Waals surface area contributed by atoms with E-state index in [1.54, 1.807) is 0 Å². The molecule has 5 N–H and O–H groups in total. The lowest BCUT2D eigenvalue weighted by Crippen LogP contribution is -2.35. The van der Waals surface area contributed by atoms with Crippen molar-refractivity contribution in [2.24, 2.45) is 23.5 Å². The number of carbonyl (C=O) groups is 1. The molecule has 16 heavy (non-hydrogen) atoms. The van der Waals surface area contributed by atoms with Crippen LogP contribution in [0, 0.1) is 17.8 Å². The van der Waals surface area contributed by atoms with Gasteiger partial charge in [-0.3, -0.25) is 4.79 Å². The SMILES string of the molecule is NC[C@H]1CC[C@@H](CCB(O)O)CC1C(=O)O. The molecule has 0 spiro atoms. The van der Waals surface area contributed by atoms with Crippen LogP contribution in [0.5, 0.6) is 0 Å². The molecule has 1 unspecified atom stereocenters. The summed E-state index contributed by atoms with van der Waals surface area (Å²) in [7, 11) is -1.28. The summed E-state index contributed by atoms with van der Waals surface area (Å²) in [5.41, 5.74) is 5.56. The van der Waals surface area contributed by atoms with Crippen LogP contribution in [-0.4, -0.2) is 34.8 Å². The van der Waals surface area contributed by atoms with E-state index in [1.165, 1.54) is 0 Å². The van der Waals surface area contributed by atoms with Crippen LogP contribution in [-0.2, 0) is 4.79 Å². The van der Waals surface area contributed by atoms with Crippen LogP contribution in [0.25, 0.3) is 0 Å². The Balaban J connectivity index is 2.45. The van der Waals surface area contributed by atoms with Crippen LogP contribution < -0.4 is 5.73 Å². The van der Waals surface area contributed by atoms with E-state index in [1.807, 2.05) is 0 Å². The minimum atomic E-state index is -1.28. The standard InChI is InChI=1S/C10H20BNO4/c12-6-8-2-1-7(3-4-11(15)16)5-9(8)10(13)14/h7-9,15-16H,1-6,12H2,(H,13,14)/t7-,8+,9?/m0/s1. The van der Waals surface area contributed by atoms with Gasteiger partial charge in [-0.2, -0.15) is 0 Å². The molecule has 0 aromatic carbocycles. The Morgan fingerprint density at radius 1 is 1.38 bits per heavy atom. The first-order valence-electron chi connectivity index (χ1n) is 5.83. The second-order valence-electron chi connectivity index (χ2n) is 4.68. The lowest BCUT2D eigenvalue weighted by atomic mass is 9.70. The maximum absolute atomic E-state index is 11.1. The van der Waals surface area contributed by atoms with Crippen molar-refractivity contribution < 1.29 is 19.9 Å². The van der Waals surface area contributed by atoms with Gasteiger partial charge in [0.05, 0.1) is 5.92 Å². The molecule has 0 aromatic rings. The van der Waals surface area contributed by atoms with Gasteiger partial charge in [0.25, 0.3) is 0 Å². The summed E-state index contributed by atoms with van der Waals surface area (Å²) in [6, 6.07) is 0. The number of hydrogen-bond donors (Lipinski definition) is 4. The lowest BCUT2D eigenvalue weighted by molar-refractivity contribution is -0.145. The van der Waals surface area contributed by atoms with Crippen molar-refractivity contribution in [3.63, 3.8) is 0 Å². The molecule has 1 fully saturated rings. The fourth-order valence-corrected chi connectivity index (χ4v) is 2.55. The van der Waals surface area contributed by atoms with E-state index >= 15 is 0 Å². The molecule has 5 nitrogen and oxygen atoms in total. The molecule has 0 bridgehead atoms. The Morgan fingerprint density at radius 3 is 2.56 bits per heavy atom. The summed E-state index contributed by atoms with van der Waals surface area (Å²) in [6.07, 6.45) is 3.39. The van der Waals surface area contributed by atoms with Crippen LogP contribution in [0.1, 0.15) is 25.7 Å². The van der Waals surface area contributed by atoms with E-state index in [0.717, 1.165) is 12.8 Å². The minimum absolute atomic E-state index is 0.0767. The van der Waals surface area contributed by atoms with Crippen LogP contribution in [0.2, 0.25) is 6.32 Å². The molecule has 1 saturated carbocycles. The maximum atomic E-state index is 11.1. The van der Waals surface area contributed by atoms with Gasteiger partial charge in [0.15, 0.2) is 0 Å². The Bertz CT molecular complexity index is 237. The van der Waals surface area contributed by atoms with Gasteiger partial charge in [0.1, 0.15) is 0 Å². The highest BCUT2D eigenvalue weighted by Gasteiger charge is 2.34. The lowest BCUT2D eigenvalue weighted by Gasteiger charge is -2.33. The quantitative estimate of drug-likeness (QED) is 0.494. The van der Waals surface area contributed by atoms with Gasteiger partial charge >= 0.3 is 13.1 Å². The Morgan fingerprint density at radius 2 is 2.06 bits per heavy atom. The van der Waals surface area contributed by atoms with E-state index in [2.05, 4.69) is 0 Å². The molecule has 1 rings (SSSR count). The van der Waals surface area contributed by atoms with Gasteiger partial charge in [0.2, 0.25) is 0 Å². The highest BCUT2D eigenvalue weighted by molar-refractivity contribution is 6.40. The monoisotopic (exact) mass is 229 g/mol. The highest BCUT2D eigenvalue weighted by atomic mass is 16.4.